The van der Waals surface area contributed by atoms with E-state index in [1.54, 1.807) is 0 Å². The van der Waals surface area contributed by atoms with Gasteiger partial charge in [0.15, 0.2) is 5.79 Å². The van der Waals surface area contributed by atoms with Crippen LogP contribution in [0.5, 0.6) is 0 Å². The molecule has 3 fully saturated rings. The fraction of sp³-hybridized carbons (Fsp3) is 1.00. The van der Waals surface area contributed by atoms with E-state index in [1.807, 2.05) is 0 Å². The zero-order valence-electron chi connectivity index (χ0n) is 11.4. The van der Waals surface area contributed by atoms with Gasteiger partial charge in [0.1, 0.15) is 0 Å². The van der Waals surface area contributed by atoms with E-state index >= 15 is 0 Å². The van der Waals surface area contributed by atoms with Crippen LogP contribution in [0.1, 0.15) is 38.5 Å². The van der Waals surface area contributed by atoms with Gasteiger partial charge in [-0.1, -0.05) is 0 Å². The van der Waals surface area contributed by atoms with E-state index in [0.717, 1.165) is 38.5 Å². The summed E-state index contributed by atoms with van der Waals surface area (Å²) in [4.78, 5) is 2.39. The van der Waals surface area contributed by atoms with Crippen molar-refractivity contribution in [3.8, 4) is 0 Å². The first-order valence-electron chi connectivity index (χ1n) is 7.44. The van der Waals surface area contributed by atoms with Crippen molar-refractivity contribution in [2.45, 2.75) is 56.5 Å². The van der Waals surface area contributed by atoms with Gasteiger partial charge in [-0.25, -0.2) is 0 Å². The molecule has 0 aromatic carbocycles. The number of hydrogen-bond donors (Lipinski definition) is 1. The number of hydrogen-bond acceptors (Lipinski definition) is 4. The molecule has 2 N–H and O–H groups in total. The van der Waals surface area contributed by atoms with E-state index in [1.165, 1.54) is 25.7 Å². The third kappa shape index (κ3) is 2.57. The van der Waals surface area contributed by atoms with Crippen molar-refractivity contribution in [1.82, 2.24) is 4.90 Å². The average Bonchev–Trinajstić information content (AvgIpc) is 2.96. The Bertz CT molecular complexity index is 288. The first-order valence-corrected chi connectivity index (χ1v) is 7.44. The highest BCUT2D eigenvalue weighted by molar-refractivity contribution is 4.90. The van der Waals surface area contributed by atoms with Crippen molar-refractivity contribution in [1.29, 1.82) is 0 Å². The minimum atomic E-state index is -0.219. The molecule has 3 rings (SSSR count). The molecule has 3 aliphatic rings. The van der Waals surface area contributed by atoms with Crippen molar-refractivity contribution in [3.63, 3.8) is 0 Å². The second kappa shape index (κ2) is 5.08. The lowest BCUT2D eigenvalue weighted by molar-refractivity contribution is -0.163. The van der Waals surface area contributed by atoms with Crippen LogP contribution in [0.15, 0.2) is 0 Å². The molecule has 1 saturated heterocycles. The molecule has 4 heteroatoms. The molecular weight excluding hydrogens is 228 g/mol. The summed E-state index contributed by atoms with van der Waals surface area (Å²) >= 11 is 0. The van der Waals surface area contributed by atoms with Gasteiger partial charge in [0.2, 0.25) is 0 Å². The highest BCUT2D eigenvalue weighted by Crippen LogP contribution is 2.40. The van der Waals surface area contributed by atoms with Crippen LogP contribution in [-0.2, 0) is 9.47 Å². The predicted molar refractivity (Wildman–Crippen MR) is 70.2 cm³/mol. The molecule has 1 spiro atoms. The Hall–Kier alpha value is -0.160. The second-order valence-corrected chi connectivity index (χ2v) is 6.25. The lowest BCUT2D eigenvalue weighted by Crippen LogP contribution is -2.44. The van der Waals surface area contributed by atoms with Gasteiger partial charge in [0.05, 0.1) is 12.7 Å². The third-order valence-electron chi connectivity index (χ3n) is 4.74. The van der Waals surface area contributed by atoms with Gasteiger partial charge in [-0.05, 0) is 38.6 Å². The monoisotopic (exact) mass is 254 g/mol. The molecule has 2 aliphatic carbocycles. The van der Waals surface area contributed by atoms with Gasteiger partial charge in [-0.15, -0.1) is 0 Å². The van der Waals surface area contributed by atoms with Gasteiger partial charge in [-0.2, -0.15) is 0 Å². The summed E-state index contributed by atoms with van der Waals surface area (Å²) in [6, 6.07) is 0.536. The molecular formula is C14H26N2O2. The van der Waals surface area contributed by atoms with Gasteiger partial charge in [-0.3, -0.25) is 4.90 Å². The number of rotatable bonds is 5. The normalized spacial score (nSPS) is 32.5. The molecule has 0 bridgehead atoms. The quantitative estimate of drug-likeness (QED) is 0.804. The van der Waals surface area contributed by atoms with E-state index in [9.17, 15) is 0 Å². The van der Waals surface area contributed by atoms with Crippen molar-refractivity contribution in [3.05, 3.63) is 0 Å². The Morgan fingerprint density at radius 1 is 1.33 bits per heavy atom. The molecule has 2 saturated carbocycles. The van der Waals surface area contributed by atoms with Crippen LogP contribution >= 0.6 is 0 Å². The molecule has 2 unspecified atom stereocenters. The summed E-state index contributed by atoms with van der Waals surface area (Å²) < 4.78 is 12.1. The Kier molecular flexibility index (Phi) is 3.63. The molecule has 2 atom stereocenters. The lowest BCUT2D eigenvalue weighted by atomic mass is 10.1. The minimum Gasteiger partial charge on any atom is -0.347 e. The van der Waals surface area contributed by atoms with Crippen LogP contribution < -0.4 is 5.73 Å². The fourth-order valence-electron chi connectivity index (χ4n) is 3.55. The summed E-state index contributed by atoms with van der Waals surface area (Å²) in [5.74, 6) is 0.603. The molecule has 0 amide bonds. The molecule has 104 valence electrons. The topological polar surface area (TPSA) is 47.7 Å². The third-order valence-corrected chi connectivity index (χ3v) is 4.74. The number of nitrogens with two attached hydrogens (primary N) is 1. The number of likely N-dealkylation sites (N-methyl/N-ethyl adjacent to an activating group) is 1. The van der Waals surface area contributed by atoms with Crippen LogP contribution in [-0.4, -0.2) is 49.6 Å². The standard InChI is InChI=1S/C14H26N2O2/c1-16(13(8-15)11-4-5-11)9-12-10-17-14(18-12)6-2-3-7-14/h11-13H,2-10,15H2,1H3. The Balaban J connectivity index is 1.50. The first kappa shape index (κ1) is 12.9. The van der Waals surface area contributed by atoms with Crippen molar-refractivity contribution in [2.24, 2.45) is 11.7 Å². The maximum Gasteiger partial charge on any atom is 0.168 e. The van der Waals surface area contributed by atoms with Gasteiger partial charge < -0.3 is 15.2 Å². The Morgan fingerprint density at radius 2 is 2.06 bits per heavy atom. The Morgan fingerprint density at radius 3 is 2.67 bits per heavy atom. The van der Waals surface area contributed by atoms with E-state index in [2.05, 4.69) is 11.9 Å². The molecule has 0 radical (unpaired) electrons. The maximum atomic E-state index is 6.17. The van der Waals surface area contributed by atoms with Crippen LogP contribution in [0.3, 0.4) is 0 Å². The van der Waals surface area contributed by atoms with Crippen LogP contribution in [0.25, 0.3) is 0 Å². The van der Waals surface area contributed by atoms with Crippen LogP contribution in [0.2, 0.25) is 0 Å². The molecule has 1 heterocycles. The summed E-state index contributed by atoms with van der Waals surface area (Å²) in [5.41, 5.74) is 5.89. The SMILES string of the molecule is CN(CC1COC2(CCCC2)O1)C(CN)C1CC1. The predicted octanol–water partition coefficient (Wildman–Crippen LogP) is 1.34. The molecule has 1 aliphatic heterocycles. The number of nitrogens with zero attached hydrogens (tertiary/aromatic N) is 1. The first-order chi connectivity index (χ1) is 8.72. The van der Waals surface area contributed by atoms with E-state index in [-0.39, 0.29) is 11.9 Å². The van der Waals surface area contributed by atoms with Gasteiger partial charge in [0.25, 0.3) is 0 Å². The van der Waals surface area contributed by atoms with E-state index < -0.39 is 0 Å². The smallest absolute Gasteiger partial charge is 0.168 e. The van der Waals surface area contributed by atoms with Crippen molar-refractivity contribution in [2.75, 3.05) is 26.7 Å². The zero-order chi connectivity index (χ0) is 12.6. The maximum absolute atomic E-state index is 6.17. The molecule has 18 heavy (non-hydrogen) atoms. The lowest BCUT2D eigenvalue weighted by Gasteiger charge is -2.29. The van der Waals surface area contributed by atoms with Gasteiger partial charge >= 0.3 is 0 Å². The van der Waals surface area contributed by atoms with Crippen molar-refractivity contribution >= 4 is 0 Å². The largest absolute Gasteiger partial charge is 0.347 e. The fourth-order valence-corrected chi connectivity index (χ4v) is 3.55. The summed E-state index contributed by atoms with van der Waals surface area (Å²) in [7, 11) is 2.18. The molecule has 0 aromatic rings. The minimum absolute atomic E-state index is 0.219. The molecule has 4 nitrogen and oxygen atoms in total. The Labute approximate surface area is 110 Å². The molecule has 0 aromatic heterocycles. The van der Waals surface area contributed by atoms with Crippen LogP contribution in [0, 0.1) is 5.92 Å². The highest BCUT2D eigenvalue weighted by Gasteiger charge is 2.44. The van der Waals surface area contributed by atoms with E-state index in [4.69, 9.17) is 15.2 Å². The average molecular weight is 254 g/mol. The summed E-state index contributed by atoms with van der Waals surface area (Å²) in [6.07, 6.45) is 7.58. The summed E-state index contributed by atoms with van der Waals surface area (Å²) in [6.45, 7) is 2.48. The zero-order valence-corrected chi connectivity index (χ0v) is 11.4. The highest BCUT2D eigenvalue weighted by atomic mass is 16.7. The number of ether oxygens (including phenoxy) is 2. The van der Waals surface area contributed by atoms with E-state index in [0.29, 0.717) is 6.04 Å². The van der Waals surface area contributed by atoms with Gasteiger partial charge in [0, 0.05) is 32.0 Å². The van der Waals surface area contributed by atoms with Crippen molar-refractivity contribution < 1.29 is 9.47 Å². The van der Waals surface area contributed by atoms with Crippen LogP contribution in [0.4, 0.5) is 0 Å². The second-order valence-electron chi connectivity index (χ2n) is 6.25. The summed E-state index contributed by atoms with van der Waals surface area (Å²) in [5, 5.41) is 0.